The quantitative estimate of drug-likeness (QED) is 0.650. The van der Waals surface area contributed by atoms with Gasteiger partial charge in [-0.25, -0.2) is 0 Å². The number of hydrogen-bond donors (Lipinski definition) is 1. The second-order valence-corrected chi connectivity index (χ2v) is 6.87. The second-order valence-electron chi connectivity index (χ2n) is 6.01. The largest absolute Gasteiger partial charge is 0.492 e. The smallest absolute Gasteiger partial charge is 0.222 e. The Hall–Kier alpha value is -0.780. The highest BCUT2D eigenvalue weighted by Gasteiger charge is 2.21. The van der Waals surface area contributed by atoms with Crippen molar-refractivity contribution in [1.82, 2.24) is 10.2 Å². The lowest BCUT2D eigenvalue weighted by Crippen LogP contribution is -2.40. The molecule has 1 aromatic carbocycles. The van der Waals surface area contributed by atoms with Gasteiger partial charge in [-0.15, -0.1) is 12.4 Å². The van der Waals surface area contributed by atoms with Gasteiger partial charge < -0.3 is 15.0 Å². The van der Waals surface area contributed by atoms with Crippen molar-refractivity contribution in [2.75, 3.05) is 32.8 Å². The number of ether oxygens (including phenoxy) is 1. The van der Waals surface area contributed by atoms with Crippen LogP contribution in [0.3, 0.4) is 0 Å². The summed E-state index contributed by atoms with van der Waals surface area (Å²) in [5, 5.41) is 3.40. The molecule has 1 amide bonds. The monoisotopic (exact) mass is 418 g/mol. The molecule has 1 N–H and O–H groups in total. The van der Waals surface area contributed by atoms with Crippen LogP contribution >= 0.6 is 28.3 Å². The van der Waals surface area contributed by atoms with E-state index in [0.717, 1.165) is 61.6 Å². The molecule has 0 radical (unpaired) electrons. The molecule has 0 bridgehead atoms. The first kappa shape index (κ1) is 21.3. The fourth-order valence-electron chi connectivity index (χ4n) is 2.86. The minimum Gasteiger partial charge on any atom is -0.492 e. The maximum absolute atomic E-state index is 12.2. The van der Waals surface area contributed by atoms with Crippen LogP contribution in [0.15, 0.2) is 28.7 Å². The number of benzene rings is 1. The summed E-state index contributed by atoms with van der Waals surface area (Å²) in [4.78, 5) is 14.3. The molecule has 0 unspecified atom stereocenters. The number of carbonyl (C=O) groups is 1. The van der Waals surface area contributed by atoms with Crippen LogP contribution in [0, 0.1) is 5.92 Å². The van der Waals surface area contributed by atoms with Gasteiger partial charge in [-0.3, -0.25) is 4.79 Å². The van der Waals surface area contributed by atoms with Gasteiger partial charge in [-0.05, 0) is 66.3 Å². The Bertz CT molecular complexity index is 494. The van der Waals surface area contributed by atoms with E-state index in [1.54, 1.807) is 0 Å². The normalized spacial score (nSPS) is 15.0. The first-order valence-corrected chi connectivity index (χ1v) is 9.35. The van der Waals surface area contributed by atoms with Crippen LogP contribution in [0.5, 0.6) is 5.75 Å². The highest BCUT2D eigenvalue weighted by atomic mass is 79.9. The molecule has 1 saturated heterocycles. The Kier molecular flexibility index (Phi) is 10.4. The molecule has 2 rings (SSSR count). The zero-order valence-electron chi connectivity index (χ0n) is 14.3. The summed E-state index contributed by atoms with van der Waals surface area (Å²) in [6, 6.07) is 7.79. The summed E-state index contributed by atoms with van der Waals surface area (Å²) in [6.45, 7) is 6.62. The number of likely N-dealkylation sites (tertiary alicyclic amines) is 1. The molecular weight excluding hydrogens is 392 g/mol. The number of nitrogens with one attached hydrogen (secondary N) is 1. The lowest BCUT2D eigenvalue weighted by Gasteiger charge is -2.32. The molecular formula is C18H28BrClN2O2. The number of amides is 1. The zero-order chi connectivity index (χ0) is 16.5. The summed E-state index contributed by atoms with van der Waals surface area (Å²) in [5.41, 5.74) is 0. The van der Waals surface area contributed by atoms with Gasteiger partial charge in [0.15, 0.2) is 0 Å². The van der Waals surface area contributed by atoms with E-state index in [1.807, 2.05) is 29.2 Å². The predicted octanol–water partition coefficient (Wildman–Crippen LogP) is 3.88. The van der Waals surface area contributed by atoms with E-state index >= 15 is 0 Å². The fraction of sp³-hybridized carbons (Fsp3) is 0.611. The van der Waals surface area contributed by atoms with Crippen LogP contribution in [0.1, 0.15) is 32.6 Å². The predicted molar refractivity (Wildman–Crippen MR) is 104 cm³/mol. The van der Waals surface area contributed by atoms with Gasteiger partial charge in [-0.2, -0.15) is 0 Å². The van der Waals surface area contributed by atoms with Crippen molar-refractivity contribution in [3.05, 3.63) is 28.7 Å². The molecule has 6 heteroatoms. The van der Waals surface area contributed by atoms with Crippen LogP contribution in [0.25, 0.3) is 0 Å². The van der Waals surface area contributed by atoms with Crippen molar-refractivity contribution in [2.45, 2.75) is 32.6 Å². The molecule has 1 fully saturated rings. The lowest BCUT2D eigenvalue weighted by atomic mass is 9.96. The Balaban J connectivity index is 0.00000288. The fourth-order valence-corrected chi connectivity index (χ4v) is 3.26. The Morgan fingerprint density at radius 3 is 2.71 bits per heavy atom. The number of halogens is 2. The highest BCUT2D eigenvalue weighted by molar-refractivity contribution is 9.10. The average molecular weight is 420 g/mol. The Morgan fingerprint density at radius 1 is 1.33 bits per heavy atom. The maximum Gasteiger partial charge on any atom is 0.222 e. The maximum atomic E-state index is 12.2. The molecule has 1 heterocycles. The first-order chi connectivity index (χ1) is 11.2. The molecule has 24 heavy (non-hydrogen) atoms. The zero-order valence-corrected chi connectivity index (χ0v) is 16.7. The number of rotatable bonds is 8. The van der Waals surface area contributed by atoms with Crippen LogP contribution in [-0.2, 0) is 4.79 Å². The number of nitrogens with zero attached hydrogens (tertiary/aromatic N) is 1. The summed E-state index contributed by atoms with van der Waals surface area (Å²) in [7, 11) is 0. The third kappa shape index (κ3) is 6.99. The average Bonchev–Trinajstić information content (AvgIpc) is 2.58. The standard InChI is InChI=1S/C18H27BrN2O2.ClH/c1-2-20-14-15-9-11-21(12-10-15)18(22)8-5-13-23-17-7-4-3-6-16(17)19;/h3-4,6-7,15,20H,2,5,8-14H2,1H3;1H. The summed E-state index contributed by atoms with van der Waals surface area (Å²) in [6.07, 6.45) is 3.57. The summed E-state index contributed by atoms with van der Waals surface area (Å²) in [5.74, 6) is 1.82. The van der Waals surface area contributed by atoms with Gasteiger partial charge in [-0.1, -0.05) is 19.1 Å². The molecule has 0 atom stereocenters. The SMILES string of the molecule is CCNCC1CCN(C(=O)CCCOc2ccccc2Br)CC1.Cl. The van der Waals surface area contributed by atoms with Gasteiger partial charge >= 0.3 is 0 Å². The Morgan fingerprint density at radius 2 is 2.04 bits per heavy atom. The number of hydrogen-bond acceptors (Lipinski definition) is 3. The van der Waals surface area contributed by atoms with Crippen LogP contribution in [0.4, 0.5) is 0 Å². The van der Waals surface area contributed by atoms with Gasteiger partial charge in [0.05, 0.1) is 11.1 Å². The van der Waals surface area contributed by atoms with E-state index in [1.165, 1.54) is 0 Å². The molecule has 1 aromatic rings. The van der Waals surface area contributed by atoms with Crippen molar-refractivity contribution in [2.24, 2.45) is 5.92 Å². The molecule has 1 aliphatic heterocycles. The molecule has 136 valence electrons. The van der Waals surface area contributed by atoms with E-state index in [2.05, 4.69) is 28.2 Å². The van der Waals surface area contributed by atoms with E-state index < -0.39 is 0 Å². The minimum atomic E-state index is 0. The number of para-hydroxylation sites is 1. The Labute approximate surface area is 159 Å². The minimum absolute atomic E-state index is 0. The molecule has 0 saturated carbocycles. The van der Waals surface area contributed by atoms with Crippen molar-refractivity contribution in [3.63, 3.8) is 0 Å². The lowest BCUT2D eigenvalue weighted by molar-refractivity contribution is -0.132. The van der Waals surface area contributed by atoms with Gasteiger partial charge in [0, 0.05) is 19.5 Å². The van der Waals surface area contributed by atoms with Gasteiger partial charge in [0.1, 0.15) is 5.75 Å². The van der Waals surface area contributed by atoms with E-state index in [4.69, 9.17) is 4.74 Å². The van der Waals surface area contributed by atoms with Crippen LogP contribution in [-0.4, -0.2) is 43.6 Å². The number of piperidine rings is 1. The van der Waals surface area contributed by atoms with Crippen molar-refractivity contribution < 1.29 is 9.53 Å². The van der Waals surface area contributed by atoms with E-state index in [9.17, 15) is 4.79 Å². The van der Waals surface area contributed by atoms with Crippen molar-refractivity contribution in [3.8, 4) is 5.75 Å². The molecule has 0 spiro atoms. The van der Waals surface area contributed by atoms with Gasteiger partial charge in [0.2, 0.25) is 5.91 Å². The van der Waals surface area contributed by atoms with Crippen LogP contribution < -0.4 is 10.1 Å². The van der Waals surface area contributed by atoms with E-state index in [0.29, 0.717) is 13.0 Å². The molecule has 0 aromatic heterocycles. The molecule has 1 aliphatic rings. The van der Waals surface area contributed by atoms with E-state index in [-0.39, 0.29) is 18.3 Å². The van der Waals surface area contributed by atoms with Gasteiger partial charge in [0.25, 0.3) is 0 Å². The first-order valence-electron chi connectivity index (χ1n) is 8.56. The topological polar surface area (TPSA) is 41.6 Å². The third-order valence-electron chi connectivity index (χ3n) is 4.28. The van der Waals surface area contributed by atoms with Crippen LogP contribution in [0.2, 0.25) is 0 Å². The van der Waals surface area contributed by atoms with Crippen molar-refractivity contribution in [1.29, 1.82) is 0 Å². The summed E-state index contributed by atoms with van der Waals surface area (Å²) >= 11 is 3.46. The third-order valence-corrected chi connectivity index (χ3v) is 4.93. The summed E-state index contributed by atoms with van der Waals surface area (Å²) < 4.78 is 6.66. The highest BCUT2D eigenvalue weighted by Crippen LogP contribution is 2.24. The molecule has 0 aliphatic carbocycles. The van der Waals surface area contributed by atoms with Crippen molar-refractivity contribution >= 4 is 34.2 Å². The number of carbonyl (C=O) groups excluding carboxylic acids is 1. The second kappa shape index (κ2) is 11.7. The molecule has 4 nitrogen and oxygen atoms in total.